The molecule has 3 fully saturated rings. The quantitative estimate of drug-likeness (QED) is 0.301. The van der Waals surface area contributed by atoms with Crippen LogP contribution in [0.2, 0.25) is 10.0 Å². The van der Waals surface area contributed by atoms with Gasteiger partial charge < -0.3 is 19.3 Å². The van der Waals surface area contributed by atoms with E-state index >= 15 is 0 Å². The lowest BCUT2D eigenvalue weighted by atomic mass is 9.74. The van der Waals surface area contributed by atoms with Gasteiger partial charge in [0.15, 0.2) is 0 Å². The predicted octanol–water partition coefficient (Wildman–Crippen LogP) is 5.31. The van der Waals surface area contributed by atoms with Crippen molar-refractivity contribution < 1.29 is 28.7 Å². The number of carbonyl (C=O) groups excluding carboxylic acids is 4. The second-order valence-corrected chi connectivity index (χ2v) is 15.0. The van der Waals surface area contributed by atoms with E-state index in [1.54, 1.807) is 24.4 Å². The molecule has 6 rings (SSSR count). The zero-order chi connectivity index (χ0) is 35.4. The van der Waals surface area contributed by atoms with E-state index in [4.69, 9.17) is 37.7 Å². The van der Waals surface area contributed by atoms with E-state index in [-0.39, 0.29) is 33.6 Å². The SMILES string of the molecule is COC(=O)C1=C(CC(=O)N2CCN(C3CCC(N4CCCC4=O)CC3)CC2)N=C(CCc2nccs2)C(C(=O)OC)C1c1c(Cl)cccc1Cl. The summed E-state index contributed by atoms with van der Waals surface area (Å²) in [6.45, 7) is 3.48. The molecule has 2 atom stereocenters. The second kappa shape index (κ2) is 16.4. The van der Waals surface area contributed by atoms with E-state index in [9.17, 15) is 19.2 Å². The molecule has 1 saturated carbocycles. The lowest BCUT2D eigenvalue weighted by molar-refractivity contribution is -0.144. The van der Waals surface area contributed by atoms with Crippen LogP contribution in [-0.2, 0) is 35.1 Å². The Kier molecular flexibility index (Phi) is 11.9. The number of nitrogens with zero attached hydrogens (tertiary/aromatic N) is 5. The molecule has 50 heavy (non-hydrogen) atoms. The summed E-state index contributed by atoms with van der Waals surface area (Å²) < 4.78 is 10.5. The lowest BCUT2D eigenvalue weighted by Gasteiger charge is -2.43. The molecule has 1 aromatic carbocycles. The van der Waals surface area contributed by atoms with Crippen molar-refractivity contribution in [3.8, 4) is 0 Å². The number of aryl methyl sites for hydroxylation is 1. The van der Waals surface area contributed by atoms with Crippen LogP contribution in [0.5, 0.6) is 0 Å². The largest absolute Gasteiger partial charge is 0.468 e. The van der Waals surface area contributed by atoms with Gasteiger partial charge in [0.25, 0.3) is 0 Å². The average Bonchev–Trinajstić information content (AvgIpc) is 3.82. The number of thiazole rings is 1. The van der Waals surface area contributed by atoms with E-state index in [0.717, 1.165) is 56.7 Å². The highest BCUT2D eigenvalue weighted by molar-refractivity contribution is 7.09. The smallest absolute Gasteiger partial charge is 0.336 e. The molecule has 268 valence electrons. The summed E-state index contributed by atoms with van der Waals surface area (Å²) in [7, 11) is 2.54. The van der Waals surface area contributed by atoms with Crippen LogP contribution >= 0.6 is 34.5 Å². The van der Waals surface area contributed by atoms with Gasteiger partial charge in [-0.05, 0) is 56.2 Å². The Labute approximate surface area is 306 Å². The van der Waals surface area contributed by atoms with Gasteiger partial charge in [-0.2, -0.15) is 0 Å². The third kappa shape index (κ3) is 7.78. The van der Waals surface area contributed by atoms with Gasteiger partial charge in [0.05, 0.1) is 36.9 Å². The number of esters is 2. The van der Waals surface area contributed by atoms with Crippen LogP contribution < -0.4 is 0 Å². The molecule has 0 bridgehead atoms. The average molecular weight is 745 g/mol. The molecule has 0 N–H and O–H groups in total. The highest BCUT2D eigenvalue weighted by Gasteiger charge is 2.46. The first-order valence-electron chi connectivity index (χ1n) is 17.3. The maximum atomic E-state index is 14.0. The van der Waals surface area contributed by atoms with Gasteiger partial charge in [0, 0.05) is 90.9 Å². The molecule has 0 radical (unpaired) electrons. The number of likely N-dealkylation sites (tertiary alicyclic amines) is 1. The minimum Gasteiger partial charge on any atom is -0.468 e. The fraction of sp³-hybridized carbons (Fsp3) is 0.556. The Morgan fingerprint density at radius 3 is 2.24 bits per heavy atom. The van der Waals surface area contributed by atoms with Crippen molar-refractivity contribution in [3.63, 3.8) is 0 Å². The number of ether oxygens (including phenoxy) is 2. The molecule has 2 aromatic rings. The molecular formula is C36H43Cl2N5O6S. The molecule has 4 aliphatic rings. The maximum Gasteiger partial charge on any atom is 0.336 e. The van der Waals surface area contributed by atoms with E-state index in [1.165, 1.54) is 25.6 Å². The number of aliphatic imine (C=N–C) groups is 1. The van der Waals surface area contributed by atoms with Crippen LogP contribution in [0.1, 0.15) is 67.9 Å². The summed E-state index contributed by atoms with van der Waals surface area (Å²) in [5.74, 6) is -3.23. The molecule has 2 amide bonds. The lowest BCUT2D eigenvalue weighted by Crippen LogP contribution is -2.53. The van der Waals surface area contributed by atoms with Crippen molar-refractivity contribution in [3.05, 3.63) is 61.7 Å². The number of aromatic nitrogens is 1. The first-order valence-corrected chi connectivity index (χ1v) is 18.9. The fourth-order valence-corrected chi connectivity index (χ4v) is 9.31. The Bertz CT molecular complexity index is 1630. The Hall–Kier alpha value is -3.32. The summed E-state index contributed by atoms with van der Waals surface area (Å²) in [6.07, 6.45) is 8.16. The van der Waals surface area contributed by atoms with Crippen LogP contribution in [0.25, 0.3) is 0 Å². The Morgan fingerprint density at radius 1 is 0.940 bits per heavy atom. The van der Waals surface area contributed by atoms with Crippen molar-refractivity contribution in [2.75, 3.05) is 46.9 Å². The van der Waals surface area contributed by atoms with Crippen molar-refractivity contribution in [1.29, 1.82) is 0 Å². The fourth-order valence-electron chi connectivity index (χ4n) is 8.05. The molecule has 11 nitrogen and oxygen atoms in total. The third-order valence-corrected chi connectivity index (χ3v) is 12.1. The van der Waals surface area contributed by atoms with Gasteiger partial charge in [-0.15, -0.1) is 11.3 Å². The summed E-state index contributed by atoms with van der Waals surface area (Å²) in [5.41, 5.74) is 1.13. The van der Waals surface area contributed by atoms with E-state index < -0.39 is 23.8 Å². The van der Waals surface area contributed by atoms with Crippen molar-refractivity contribution >= 4 is 64.0 Å². The van der Waals surface area contributed by atoms with Gasteiger partial charge in [-0.3, -0.25) is 24.3 Å². The van der Waals surface area contributed by atoms with Crippen LogP contribution in [0.4, 0.5) is 0 Å². The molecule has 4 heterocycles. The van der Waals surface area contributed by atoms with Crippen LogP contribution in [0.3, 0.4) is 0 Å². The molecule has 3 aliphatic heterocycles. The minimum absolute atomic E-state index is 0.0659. The normalized spacial score (nSPS) is 24.7. The van der Waals surface area contributed by atoms with Crippen molar-refractivity contribution in [1.82, 2.24) is 19.7 Å². The molecule has 1 aromatic heterocycles. The summed E-state index contributed by atoms with van der Waals surface area (Å²) in [4.78, 5) is 69.1. The second-order valence-electron chi connectivity index (χ2n) is 13.2. The number of halogens is 2. The maximum absolute atomic E-state index is 14.0. The van der Waals surface area contributed by atoms with Crippen molar-refractivity contribution in [2.24, 2.45) is 10.9 Å². The van der Waals surface area contributed by atoms with Gasteiger partial charge in [0.1, 0.15) is 5.92 Å². The monoisotopic (exact) mass is 743 g/mol. The Balaban J connectivity index is 1.23. The van der Waals surface area contributed by atoms with E-state index in [0.29, 0.717) is 61.6 Å². The van der Waals surface area contributed by atoms with Gasteiger partial charge in [0.2, 0.25) is 11.8 Å². The minimum atomic E-state index is -1.03. The number of carbonyl (C=O) groups is 4. The zero-order valence-electron chi connectivity index (χ0n) is 28.4. The highest BCUT2D eigenvalue weighted by Crippen LogP contribution is 2.46. The predicted molar refractivity (Wildman–Crippen MR) is 191 cm³/mol. The van der Waals surface area contributed by atoms with Gasteiger partial charge >= 0.3 is 11.9 Å². The number of methoxy groups -OCH3 is 2. The highest BCUT2D eigenvalue weighted by atomic mass is 35.5. The van der Waals surface area contributed by atoms with Gasteiger partial charge in [-0.25, -0.2) is 9.78 Å². The zero-order valence-corrected chi connectivity index (χ0v) is 30.8. The topological polar surface area (TPSA) is 122 Å². The number of piperazine rings is 1. The van der Waals surface area contributed by atoms with Crippen molar-refractivity contribution in [2.45, 2.75) is 75.8 Å². The molecule has 14 heteroatoms. The first-order chi connectivity index (χ1) is 24.2. The summed E-state index contributed by atoms with van der Waals surface area (Å²) in [6, 6.07) is 5.78. The molecule has 1 aliphatic carbocycles. The number of rotatable bonds is 10. The van der Waals surface area contributed by atoms with Gasteiger partial charge in [-0.1, -0.05) is 29.3 Å². The third-order valence-electron chi connectivity index (χ3n) is 10.6. The summed E-state index contributed by atoms with van der Waals surface area (Å²) >= 11 is 15.0. The number of amides is 2. The molecule has 0 spiro atoms. The number of benzene rings is 1. The molecule has 2 saturated heterocycles. The molecular weight excluding hydrogens is 701 g/mol. The number of hydrogen-bond donors (Lipinski definition) is 0. The first kappa shape index (κ1) is 36.5. The standard InChI is InChI=1S/C36H43Cl2N5O6S/c1-48-35(46)32-26(12-13-28-39-14-20-50-28)40-27(33(36(47)49-2)34(32)31-24(37)5-3-6-25(31)38)21-30(45)42-18-16-41(17-19-42)22-8-10-23(11-9-22)43-15-4-7-29(43)44/h3,5-6,14,20,22-23,32,34H,4,7-13,15-19,21H2,1-2H3. The van der Waals surface area contributed by atoms with Crippen LogP contribution in [-0.4, -0.2) is 108 Å². The Morgan fingerprint density at radius 2 is 1.64 bits per heavy atom. The van der Waals surface area contributed by atoms with E-state index in [2.05, 4.69) is 14.8 Å². The van der Waals surface area contributed by atoms with E-state index in [1.807, 2.05) is 10.3 Å². The van der Waals surface area contributed by atoms with Crippen LogP contribution in [0.15, 0.2) is 46.0 Å². The summed E-state index contributed by atoms with van der Waals surface area (Å²) in [5, 5.41) is 3.27. The molecule has 2 unspecified atom stereocenters. The number of hydrogen-bond acceptors (Lipinski definition) is 10. The van der Waals surface area contributed by atoms with Crippen LogP contribution in [0, 0.1) is 5.92 Å².